The van der Waals surface area contributed by atoms with Crippen LogP contribution >= 0.6 is 0 Å². The van der Waals surface area contributed by atoms with Gasteiger partial charge in [0, 0.05) is 17.8 Å². The number of carbonyl (C=O) groups excluding carboxylic acids is 4. The summed E-state index contributed by atoms with van der Waals surface area (Å²) in [5, 5.41) is 8.53. The number of benzene rings is 3. The monoisotopic (exact) mass is 814 g/mol. The van der Waals surface area contributed by atoms with E-state index < -0.39 is 29.8 Å². The number of imidazole rings is 2. The van der Waals surface area contributed by atoms with Gasteiger partial charge in [-0.1, -0.05) is 76.2 Å². The summed E-state index contributed by atoms with van der Waals surface area (Å²) in [6.07, 6.45) is 4.70. The predicted octanol–water partition coefficient (Wildman–Crippen LogP) is 7.31. The molecule has 3 heterocycles. The van der Waals surface area contributed by atoms with E-state index in [4.69, 9.17) is 19.4 Å². The average molecular weight is 815 g/mol. The van der Waals surface area contributed by atoms with E-state index in [1.807, 2.05) is 38.7 Å². The van der Waals surface area contributed by atoms with Crippen molar-refractivity contribution < 1.29 is 28.7 Å². The lowest BCUT2D eigenvalue weighted by molar-refractivity contribution is -0.135. The molecule has 2 aliphatic carbocycles. The first kappa shape index (κ1) is 40.6. The first-order valence-electron chi connectivity index (χ1n) is 21.0. The van der Waals surface area contributed by atoms with Crippen molar-refractivity contribution in [3.05, 3.63) is 83.6 Å². The van der Waals surface area contributed by atoms with Crippen LogP contribution in [0, 0.1) is 11.8 Å². The molecule has 314 valence electrons. The van der Waals surface area contributed by atoms with Crippen molar-refractivity contribution in [3.8, 4) is 33.5 Å². The van der Waals surface area contributed by atoms with Crippen molar-refractivity contribution in [2.24, 2.45) is 11.8 Å². The largest absolute Gasteiger partial charge is 0.453 e. The van der Waals surface area contributed by atoms with Crippen LogP contribution in [0.4, 0.5) is 9.59 Å². The number of aryl methyl sites for hydroxylation is 2. The van der Waals surface area contributed by atoms with E-state index in [0.29, 0.717) is 12.4 Å². The summed E-state index contributed by atoms with van der Waals surface area (Å²) in [4.78, 5) is 70.0. The molecular formula is C46H54N8O6. The molecule has 1 saturated carbocycles. The van der Waals surface area contributed by atoms with Crippen LogP contribution in [0.5, 0.6) is 0 Å². The first-order chi connectivity index (χ1) is 28.9. The van der Waals surface area contributed by atoms with Crippen molar-refractivity contribution in [1.29, 1.82) is 0 Å². The Hall–Kier alpha value is -6.18. The van der Waals surface area contributed by atoms with Gasteiger partial charge in [-0.05, 0) is 96.7 Å². The number of hydrogen-bond acceptors (Lipinski definition) is 8. The summed E-state index contributed by atoms with van der Waals surface area (Å²) in [6.45, 7) is 8.21. The molecule has 0 radical (unpaired) electrons. The Morgan fingerprint density at radius 1 is 0.767 bits per heavy atom. The number of hydrogen-bond donors (Lipinski definition) is 5. The number of carbonyl (C=O) groups is 4. The summed E-state index contributed by atoms with van der Waals surface area (Å²) in [6, 6.07) is 19.8. The van der Waals surface area contributed by atoms with E-state index in [2.05, 4.69) is 80.5 Å². The maximum Gasteiger partial charge on any atom is 0.407 e. The van der Waals surface area contributed by atoms with E-state index >= 15 is 0 Å². The number of alkyl carbamates (subject to hydrolysis) is 2. The highest BCUT2D eigenvalue weighted by Crippen LogP contribution is 2.45. The van der Waals surface area contributed by atoms with Gasteiger partial charge in [0.25, 0.3) is 0 Å². The smallest absolute Gasteiger partial charge is 0.407 e. The van der Waals surface area contributed by atoms with E-state index in [0.717, 1.165) is 101 Å². The number of amides is 4. The lowest BCUT2D eigenvalue weighted by Gasteiger charge is -2.30. The van der Waals surface area contributed by atoms with Gasteiger partial charge in [-0.3, -0.25) is 9.59 Å². The number of likely N-dealkylation sites (tertiary alicyclic amines) is 1. The molecule has 2 fully saturated rings. The molecular weight excluding hydrogens is 761 g/mol. The third-order valence-electron chi connectivity index (χ3n) is 12.3. The minimum atomic E-state index is -0.728. The van der Waals surface area contributed by atoms with E-state index in [1.165, 1.54) is 19.8 Å². The Balaban J connectivity index is 0.978. The Bertz CT molecular complexity index is 2430. The molecule has 5 aromatic rings. The zero-order valence-corrected chi connectivity index (χ0v) is 35.1. The van der Waals surface area contributed by atoms with Gasteiger partial charge in [0.2, 0.25) is 11.8 Å². The highest BCUT2D eigenvalue weighted by molar-refractivity contribution is 5.88. The third-order valence-corrected chi connectivity index (χ3v) is 12.3. The van der Waals surface area contributed by atoms with E-state index in [1.54, 1.807) is 0 Å². The topological polar surface area (TPSA) is 183 Å². The minimum absolute atomic E-state index is 0.101. The molecule has 5 N–H and O–H groups in total. The number of ether oxygens (including phenoxy) is 2. The quantitative estimate of drug-likeness (QED) is 0.0920. The molecule has 3 aliphatic rings. The fourth-order valence-electron chi connectivity index (χ4n) is 8.70. The third kappa shape index (κ3) is 7.94. The number of nitrogens with one attached hydrogen (secondary N) is 5. The van der Waals surface area contributed by atoms with E-state index in [9.17, 15) is 19.2 Å². The Morgan fingerprint density at radius 2 is 1.40 bits per heavy atom. The second kappa shape index (κ2) is 16.5. The van der Waals surface area contributed by atoms with Crippen LogP contribution in [0.2, 0.25) is 0 Å². The summed E-state index contributed by atoms with van der Waals surface area (Å²) in [7, 11) is 2.58. The van der Waals surface area contributed by atoms with Gasteiger partial charge >= 0.3 is 12.2 Å². The van der Waals surface area contributed by atoms with Crippen LogP contribution in [-0.4, -0.2) is 81.7 Å². The van der Waals surface area contributed by atoms with Gasteiger partial charge in [-0.25, -0.2) is 19.6 Å². The fourth-order valence-corrected chi connectivity index (χ4v) is 8.70. The molecule has 1 saturated heterocycles. The molecule has 1 aliphatic heterocycles. The second-order valence-corrected chi connectivity index (χ2v) is 17.0. The number of methoxy groups -OCH3 is 2. The van der Waals surface area contributed by atoms with Gasteiger partial charge in [0.15, 0.2) is 0 Å². The zero-order chi connectivity index (χ0) is 42.3. The number of aromatic amines is 2. The minimum Gasteiger partial charge on any atom is -0.453 e. The lowest BCUT2D eigenvalue weighted by Crippen LogP contribution is -2.52. The Morgan fingerprint density at radius 3 is 2.05 bits per heavy atom. The molecule has 14 nitrogen and oxygen atoms in total. The van der Waals surface area contributed by atoms with Crippen molar-refractivity contribution in [3.63, 3.8) is 0 Å². The van der Waals surface area contributed by atoms with Gasteiger partial charge in [0.05, 0.1) is 42.5 Å². The maximum atomic E-state index is 13.8. The molecule has 60 heavy (non-hydrogen) atoms. The highest BCUT2D eigenvalue weighted by atomic mass is 16.5. The maximum absolute atomic E-state index is 13.8. The van der Waals surface area contributed by atoms with Gasteiger partial charge in [-0.15, -0.1) is 0 Å². The molecule has 4 amide bonds. The molecule has 0 spiro atoms. The number of H-pyrrole nitrogens is 2. The predicted molar refractivity (Wildman–Crippen MR) is 228 cm³/mol. The summed E-state index contributed by atoms with van der Waals surface area (Å²) in [5.41, 5.74) is 9.89. The van der Waals surface area contributed by atoms with Gasteiger partial charge < -0.3 is 40.3 Å². The second-order valence-electron chi connectivity index (χ2n) is 17.0. The molecule has 14 heteroatoms. The zero-order valence-electron chi connectivity index (χ0n) is 35.1. The van der Waals surface area contributed by atoms with Crippen molar-refractivity contribution in [2.75, 3.05) is 20.8 Å². The molecule has 3 atom stereocenters. The first-order valence-corrected chi connectivity index (χ1v) is 21.0. The number of fused-ring (bicyclic) bond motifs is 4. The van der Waals surface area contributed by atoms with Crippen molar-refractivity contribution >= 4 is 35.0 Å². The average Bonchev–Trinajstić information content (AvgIpc) is 3.53. The standard InChI is InChI=1S/C46H54N8O6/c1-25(2)37(51-44(57)59-5)41(55)53-46(20-21-46)43-48-33-19-17-30(24-35(33)49-43)28-14-12-27(13-15-28)29-16-18-32-31(23-29)9-7-10-34-39(32)50-40(47-34)36-11-8-22-54(36)42(56)38(26(3)4)52-45(58)60-6/h12-19,23-26,36-38H,7-11,20-22H2,1-6H3,(H,47,50)(H,48,49)(H,51,57)(H,52,58)(H,53,55)/t36-,37?,38-/m0/s1. The SMILES string of the molecule is COC(=O)NC(C(=O)NC1(c2nc3ccc(-c4ccc(-c5ccc6c(c5)CCCc5[nH]c([C@@H]7CCCN7C(=O)[C@@H](NC(=O)OC)C(C)C)nc5-6)cc4)cc3[nH]2)CC1)C(C)C. The van der Waals surface area contributed by atoms with Crippen LogP contribution in [0.1, 0.15) is 88.7 Å². The highest BCUT2D eigenvalue weighted by Gasteiger charge is 2.49. The Labute approximate surface area is 349 Å². The van der Waals surface area contributed by atoms with Crippen LogP contribution in [-0.2, 0) is 37.4 Å². The van der Waals surface area contributed by atoms with Crippen LogP contribution < -0.4 is 16.0 Å². The summed E-state index contributed by atoms with van der Waals surface area (Å²) < 4.78 is 9.54. The normalized spacial score (nSPS) is 17.7. The van der Waals surface area contributed by atoms with Crippen molar-refractivity contribution in [2.45, 2.75) is 96.3 Å². The number of rotatable bonds is 11. The van der Waals surface area contributed by atoms with Gasteiger partial charge in [0.1, 0.15) is 23.7 Å². The van der Waals surface area contributed by atoms with E-state index in [-0.39, 0.29) is 29.7 Å². The number of nitrogens with zero attached hydrogens (tertiary/aromatic N) is 3. The molecule has 8 rings (SSSR count). The summed E-state index contributed by atoms with van der Waals surface area (Å²) >= 11 is 0. The number of aromatic nitrogens is 4. The van der Waals surface area contributed by atoms with Crippen LogP contribution in [0.15, 0.2) is 60.7 Å². The van der Waals surface area contributed by atoms with Crippen molar-refractivity contribution in [1.82, 2.24) is 40.8 Å². The Kier molecular flexibility index (Phi) is 11.1. The van der Waals surface area contributed by atoms with Crippen LogP contribution in [0.25, 0.3) is 44.5 Å². The fraction of sp³-hybridized carbons (Fsp3) is 0.435. The summed E-state index contributed by atoms with van der Waals surface area (Å²) in [5.74, 6) is 0.897. The molecule has 0 bridgehead atoms. The molecule has 2 aromatic heterocycles. The van der Waals surface area contributed by atoms with Crippen LogP contribution in [0.3, 0.4) is 0 Å². The lowest BCUT2D eigenvalue weighted by atomic mass is 9.95. The van der Waals surface area contributed by atoms with Gasteiger partial charge in [-0.2, -0.15) is 0 Å². The molecule has 3 aromatic carbocycles. The molecule has 1 unspecified atom stereocenters.